The van der Waals surface area contributed by atoms with Crippen molar-refractivity contribution in [2.75, 3.05) is 12.3 Å². The number of nitrogens with zero attached hydrogens (tertiary/aromatic N) is 3. The highest BCUT2D eigenvalue weighted by Crippen LogP contribution is 2.42. The fourth-order valence-electron chi connectivity index (χ4n) is 2.27. The summed E-state index contributed by atoms with van der Waals surface area (Å²) in [6.45, 7) is 1.11. The van der Waals surface area contributed by atoms with Crippen molar-refractivity contribution in [3.05, 3.63) is 12.0 Å². The minimum absolute atomic E-state index is 0.121. The number of aryl methyl sites for hydroxylation is 1. The molecule has 14 nitrogen and oxygen atoms in total. The molecular formula is C11H19N5O9P2. The molecule has 5 atom stereocenters. The number of nitrogens with one attached hydrogen (secondary N) is 1. The summed E-state index contributed by atoms with van der Waals surface area (Å²) < 4.78 is 36.1. The van der Waals surface area contributed by atoms with Crippen molar-refractivity contribution in [1.29, 1.82) is 0 Å². The Morgan fingerprint density at radius 1 is 1.52 bits per heavy atom. The van der Waals surface area contributed by atoms with Crippen molar-refractivity contribution in [3.63, 3.8) is 0 Å². The lowest BCUT2D eigenvalue weighted by molar-refractivity contribution is -0.0204. The first-order chi connectivity index (χ1) is 12.6. The minimum Gasteiger partial charge on any atom is -0.386 e. The number of nitrogen functional groups attached to an aromatic ring is 1. The molecule has 1 saturated heterocycles. The lowest BCUT2D eigenvalue weighted by Gasteiger charge is -2.20. The average molecular weight is 427 g/mol. The van der Waals surface area contributed by atoms with Crippen LogP contribution < -0.4 is 11.1 Å². The van der Waals surface area contributed by atoms with Crippen molar-refractivity contribution >= 4 is 33.9 Å². The molecular weight excluding hydrogens is 408 g/mol. The molecule has 1 fully saturated rings. The number of hydrogen-bond donors (Lipinski definition) is 6. The Morgan fingerprint density at radius 3 is 2.81 bits per heavy atom. The predicted octanol–water partition coefficient (Wildman–Crippen LogP) is -1.42. The van der Waals surface area contributed by atoms with Crippen LogP contribution in [0, 0.1) is 6.92 Å². The van der Waals surface area contributed by atoms with Crippen LogP contribution in [0.1, 0.15) is 5.69 Å². The van der Waals surface area contributed by atoms with E-state index in [1.165, 1.54) is 6.33 Å². The van der Waals surface area contributed by atoms with Gasteiger partial charge in [0, 0.05) is 0 Å². The third-order valence-electron chi connectivity index (χ3n) is 3.43. The number of ether oxygens (including phenoxy) is 1. The van der Waals surface area contributed by atoms with Crippen molar-refractivity contribution in [2.24, 2.45) is 4.99 Å². The summed E-state index contributed by atoms with van der Waals surface area (Å²) in [5.41, 5.74) is 6.45. The van der Waals surface area contributed by atoms with Crippen LogP contribution in [0.15, 0.2) is 11.3 Å². The summed E-state index contributed by atoms with van der Waals surface area (Å²) in [4.78, 5) is 38.4. The smallest absolute Gasteiger partial charge is 0.386 e. The van der Waals surface area contributed by atoms with E-state index in [4.69, 9.17) is 25.2 Å². The zero-order chi connectivity index (χ0) is 20.2. The first kappa shape index (κ1) is 21.8. The highest BCUT2D eigenvalue weighted by molar-refractivity contribution is 7.46. The van der Waals surface area contributed by atoms with Crippen LogP contribution in [0.25, 0.3) is 0 Å². The lowest BCUT2D eigenvalue weighted by atomic mass is 10.1. The van der Waals surface area contributed by atoms with Gasteiger partial charge in [-0.3, -0.25) is 9.09 Å². The van der Waals surface area contributed by atoms with Gasteiger partial charge in [-0.05, 0) is 6.92 Å². The number of aromatic nitrogens is 2. The fraction of sp³-hybridized carbons (Fsp3) is 0.545. The third-order valence-corrected chi connectivity index (χ3v) is 4.36. The van der Waals surface area contributed by atoms with Crippen molar-refractivity contribution < 1.29 is 42.7 Å². The number of anilines is 1. The Hall–Kier alpha value is -1.47. The standard InChI is InChI=1S/C11H19N5O9P2/c1-5-7(10(12)15-3-13-5)14-4-16-11-8(17)9(25-27(20,21)22)6(24-11)2-23-26(18)19/h3-4,6,8-9,11,17,26H,2H2,1H3,(H,14,16)(H,18,19)(H2,12,13,15)(H2,20,21,22). The van der Waals surface area contributed by atoms with Crippen LogP contribution in [-0.2, 0) is 22.9 Å². The summed E-state index contributed by atoms with van der Waals surface area (Å²) in [5.74, 6) is 0.121. The van der Waals surface area contributed by atoms with Gasteiger partial charge in [0.25, 0.3) is 0 Å². The van der Waals surface area contributed by atoms with Crippen LogP contribution in [0.2, 0.25) is 0 Å². The summed E-state index contributed by atoms with van der Waals surface area (Å²) in [7, 11) is -8.29. The molecule has 1 aromatic rings. The molecule has 0 amide bonds. The highest BCUT2D eigenvalue weighted by Gasteiger charge is 2.47. The van der Waals surface area contributed by atoms with Gasteiger partial charge in [0.15, 0.2) is 12.0 Å². The Bertz CT molecular complexity index is 739. The van der Waals surface area contributed by atoms with Crippen LogP contribution in [0.5, 0.6) is 0 Å². The van der Waals surface area contributed by atoms with E-state index in [0.717, 1.165) is 6.34 Å². The first-order valence-corrected chi connectivity index (χ1v) is 10.2. The van der Waals surface area contributed by atoms with Crippen LogP contribution in [0.4, 0.5) is 11.5 Å². The Kier molecular flexibility index (Phi) is 7.40. The normalized spacial score (nSPS) is 27.1. The van der Waals surface area contributed by atoms with E-state index in [0.29, 0.717) is 5.69 Å². The van der Waals surface area contributed by atoms with E-state index in [1.807, 2.05) is 0 Å². The number of aliphatic imine (C=N–C) groups is 1. The van der Waals surface area contributed by atoms with Gasteiger partial charge in [0.1, 0.15) is 30.3 Å². The van der Waals surface area contributed by atoms with Crippen LogP contribution in [-0.4, -0.2) is 67.2 Å². The number of aliphatic hydroxyl groups excluding tert-OH is 1. The molecule has 2 heterocycles. The van der Waals surface area contributed by atoms with Crippen LogP contribution >= 0.6 is 16.1 Å². The summed E-state index contributed by atoms with van der Waals surface area (Å²) in [5, 5.41) is 12.8. The van der Waals surface area contributed by atoms with Gasteiger partial charge in [-0.15, -0.1) is 0 Å². The van der Waals surface area contributed by atoms with Gasteiger partial charge in [-0.1, -0.05) is 0 Å². The average Bonchev–Trinajstić information content (AvgIpc) is 2.83. The largest absolute Gasteiger partial charge is 0.470 e. The molecule has 0 aromatic carbocycles. The molecule has 5 unspecified atom stereocenters. The quantitative estimate of drug-likeness (QED) is 0.159. The molecule has 16 heteroatoms. The molecule has 0 saturated carbocycles. The number of phosphoric acid groups is 1. The Morgan fingerprint density at radius 2 is 2.22 bits per heavy atom. The SMILES string of the molecule is Cc1ncnc(N)c1/N=C\NC1OC(CO[PH](=O)O)C(OP(=O)(O)O)C1O. The molecule has 0 bridgehead atoms. The van der Waals surface area contributed by atoms with E-state index in [9.17, 15) is 14.2 Å². The molecule has 0 radical (unpaired) electrons. The zero-order valence-corrected chi connectivity index (χ0v) is 15.8. The number of hydrogen-bond acceptors (Lipinski definition) is 10. The first-order valence-electron chi connectivity index (χ1n) is 7.37. The maximum absolute atomic E-state index is 11.1. The van der Waals surface area contributed by atoms with Gasteiger partial charge >= 0.3 is 16.1 Å². The van der Waals surface area contributed by atoms with Crippen molar-refractivity contribution in [3.8, 4) is 0 Å². The van der Waals surface area contributed by atoms with Gasteiger partial charge in [-0.2, -0.15) is 0 Å². The molecule has 152 valence electrons. The Balaban J connectivity index is 2.09. The van der Waals surface area contributed by atoms with Gasteiger partial charge < -0.3 is 40.1 Å². The molecule has 1 aliphatic rings. The second-order valence-electron chi connectivity index (χ2n) is 5.34. The van der Waals surface area contributed by atoms with Crippen LogP contribution in [0.3, 0.4) is 0 Å². The van der Waals surface area contributed by atoms with Crippen molar-refractivity contribution in [2.45, 2.75) is 31.5 Å². The van der Waals surface area contributed by atoms with E-state index in [2.05, 4.69) is 29.3 Å². The van der Waals surface area contributed by atoms with Gasteiger partial charge in [-0.25, -0.2) is 19.5 Å². The molecule has 0 spiro atoms. The highest BCUT2D eigenvalue weighted by atomic mass is 31.2. The number of rotatable bonds is 8. The molecule has 1 aromatic heterocycles. The third kappa shape index (κ3) is 6.28. The van der Waals surface area contributed by atoms with E-state index in [1.54, 1.807) is 6.92 Å². The fourth-order valence-corrected chi connectivity index (χ4v) is 3.16. The predicted molar refractivity (Wildman–Crippen MR) is 91.2 cm³/mol. The summed E-state index contributed by atoms with van der Waals surface area (Å²) >= 11 is 0. The maximum atomic E-state index is 11.1. The molecule has 27 heavy (non-hydrogen) atoms. The van der Waals surface area contributed by atoms with Gasteiger partial charge in [0.2, 0.25) is 0 Å². The van der Waals surface area contributed by atoms with E-state index >= 15 is 0 Å². The van der Waals surface area contributed by atoms with E-state index < -0.39 is 47.2 Å². The second-order valence-corrected chi connectivity index (χ2v) is 7.35. The van der Waals surface area contributed by atoms with Gasteiger partial charge in [0.05, 0.1) is 18.6 Å². The second kappa shape index (κ2) is 9.15. The number of aliphatic hydroxyl groups is 1. The minimum atomic E-state index is -4.97. The van der Waals surface area contributed by atoms with E-state index in [-0.39, 0.29) is 11.5 Å². The maximum Gasteiger partial charge on any atom is 0.470 e. The summed E-state index contributed by atoms with van der Waals surface area (Å²) in [6.07, 6.45) is -3.11. The topological polar surface area (TPSA) is 219 Å². The van der Waals surface area contributed by atoms with Crippen molar-refractivity contribution in [1.82, 2.24) is 15.3 Å². The lowest BCUT2D eigenvalue weighted by Crippen LogP contribution is -2.41. The number of nitrogens with two attached hydrogens (primary N) is 1. The summed E-state index contributed by atoms with van der Waals surface area (Å²) in [6, 6.07) is 0. The molecule has 0 aliphatic carbocycles. The number of phosphoric ester groups is 1. The molecule has 1 aliphatic heterocycles. The molecule has 2 rings (SSSR count). The monoisotopic (exact) mass is 427 g/mol. The molecule has 7 N–H and O–H groups in total. The zero-order valence-electron chi connectivity index (χ0n) is 13.9. The Labute approximate surface area is 153 Å².